The topological polar surface area (TPSA) is 189 Å². The van der Waals surface area contributed by atoms with Crippen molar-refractivity contribution in [2.45, 2.75) is 84.0 Å². The molecule has 1 aromatic carbocycles. The number of rotatable bonds is 15. The summed E-state index contributed by atoms with van der Waals surface area (Å²) in [6.45, 7) is 6.13. The molecular weight excluding hydrogens is 544 g/mol. The van der Waals surface area contributed by atoms with Gasteiger partial charge in [-0.25, -0.2) is 0 Å². The van der Waals surface area contributed by atoms with Crippen molar-refractivity contribution in [1.29, 1.82) is 0 Å². The lowest BCUT2D eigenvalue weighted by molar-refractivity contribution is -0.140. The fourth-order valence-electron chi connectivity index (χ4n) is 4.54. The molecule has 0 bridgehead atoms. The molecule has 0 saturated carbocycles. The molecule has 4 N–H and O–H groups in total. The molecule has 2 heterocycles. The van der Waals surface area contributed by atoms with Gasteiger partial charge in [0.2, 0.25) is 17.7 Å². The van der Waals surface area contributed by atoms with Crippen LogP contribution in [0, 0.1) is 5.92 Å². The van der Waals surface area contributed by atoms with Crippen molar-refractivity contribution in [2.24, 2.45) is 5.92 Å². The first kappa shape index (κ1) is 32.2. The number of benzene rings is 1. The second-order valence-corrected chi connectivity index (χ2v) is 10.8. The van der Waals surface area contributed by atoms with Crippen LogP contribution in [-0.2, 0) is 36.9 Å². The van der Waals surface area contributed by atoms with E-state index in [9.17, 15) is 29.1 Å². The summed E-state index contributed by atoms with van der Waals surface area (Å²) in [4.78, 5) is 65.8. The van der Waals surface area contributed by atoms with Crippen LogP contribution in [0.4, 0.5) is 5.95 Å². The third-order valence-electron chi connectivity index (χ3n) is 6.96. The Morgan fingerprint density at radius 2 is 1.62 bits per heavy atom. The Morgan fingerprint density at radius 1 is 0.929 bits per heavy atom. The summed E-state index contributed by atoms with van der Waals surface area (Å²) < 4.78 is 0. The molecule has 14 nitrogen and oxygen atoms in total. The maximum absolute atomic E-state index is 13.0. The Labute approximate surface area is 244 Å². The summed E-state index contributed by atoms with van der Waals surface area (Å²) in [5.74, 6) is -3.42. The molecule has 228 valence electrons. The van der Waals surface area contributed by atoms with Gasteiger partial charge in [0, 0.05) is 19.5 Å². The van der Waals surface area contributed by atoms with Crippen LogP contribution in [0.5, 0.6) is 0 Å². The number of anilines is 1. The second kappa shape index (κ2) is 15.6. The Hall–Kier alpha value is -4.36. The van der Waals surface area contributed by atoms with Gasteiger partial charge in [0.15, 0.2) is 5.78 Å². The van der Waals surface area contributed by atoms with Gasteiger partial charge in [0.05, 0.1) is 6.42 Å². The van der Waals surface area contributed by atoms with Crippen molar-refractivity contribution in [3.05, 3.63) is 35.9 Å². The molecule has 1 aromatic heterocycles. The predicted octanol–water partition coefficient (Wildman–Crippen LogP) is 0.470. The fraction of sp³-hybridized carbons (Fsp3) is 0.571. The van der Waals surface area contributed by atoms with Gasteiger partial charge in [0.25, 0.3) is 5.95 Å². The Bertz CT molecular complexity index is 1230. The van der Waals surface area contributed by atoms with E-state index in [1.165, 1.54) is 6.92 Å². The number of carbonyl (C=O) groups is 5. The molecular formula is C28H40N8O6. The summed E-state index contributed by atoms with van der Waals surface area (Å²) in [6, 6.07) is 6.10. The van der Waals surface area contributed by atoms with Crippen LogP contribution in [0.25, 0.3) is 0 Å². The van der Waals surface area contributed by atoms with Gasteiger partial charge in [0.1, 0.15) is 24.7 Å². The maximum atomic E-state index is 13.0. The highest BCUT2D eigenvalue weighted by atomic mass is 16.4. The quantitative estimate of drug-likeness (QED) is 0.229. The molecule has 0 aliphatic carbocycles. The molecule has 42 heavy (non-hydrogen) atoms. The fourth-order valence-corrected chi connectivity index (χ4v) is 4.54. The zero-order valence-electron chi connectivity index (χ0n) is 24.3. The lowest BCUT2D eigenvalue weighted by Crippen LogP contribution is -2.56. The van der Waals surface area contributed by atoms with Gasteiger partial charge in [-0.05, 0) is 49.3 Å². The zero-order chi connectivity index (χ0) is 30.6. The molecule has 1 unspecified atom stereocenters. The zero-order valence-corrected chi connectivity index (χ0v) is 24.3. The molecule has 3 rings (SSSR count). The van der Waals surface area contributed by atoms with Crippen LogP contribution >= 0.6 is 0 Å². The highest BCUT2D eigenvalue weighted by Crippen LogP contribution is 2.14. The van der Waals surface area contributed by atoms with Crippen LogP contribution < -0.4 is 20.9 Å². The first-order chi connectivity index (χ1) is 20.0. The van der Waals surface area contributed by atoms with Gasteiger partial charge in [-0.3, -0.25) is 24.0 Å². The number of ketones is 1. The Morgan fingerprint density at radius 3 is 2.26 bits per heavy atom. The van der Waals surface area contributed by atoms with E-state index in [1.807, 2.05) is 35.2 Å². The third-order valence-corrected chi connectivity index (χ3v) is 6.96. The number of aliphatic carboxylic acids is 1. The number of hydrogen-bond acceptors (Lipinski definition) is 9. The van der Waals surface area contributed by atoms with Crippen molar-refractivity contribution >= 4 is 35.4 Å². The highest BCUT2D eigenvalue weighted by molar-refractivity contribution is 5.95. The number of carbonyl (C=O) groups excluding carboxylic acids is 4. The number of carboxylic acid groups (broad SMARTS) is 1. The Kier molecular flexibility index (Phi) is 11.9. The van der Waals surface area contributed by atoms with E-state index in [0.717, 1.165) is 42.7 Å². The smallest absolute Gasteiger partial charge is 0.305 e. The minimum absolute atomic E-state index is 0.190. The summed E-state index contributed by atoms with van der Waals surface area (Å²) >= 11 is 0. The SMILES string of the molecule is CC(C)[C@H](NC(=O)CCc1ccccc1)C(=O)N[C@@H](C)C(=O)NC(CC(=O)O)C(=O)Cn1nnc(N2CCCCC2)n1. The van der Waals surface area contributed by atoms with Crippen LogP contribution in [-0.4, -0.2) is 86.0 Å². The second-order valence-electron chi connectivity index (χ2n) is 10.8. The average Bonchev–Trinajstić information content (AvgIpc) is 3.43. The largest absolute Gasteiger partial charge is 0.481 e. The number of amides is 3. The van der Waals surface area contributed by atoms with Crippen molar-refractivity contribution in [3.63, 3.8) is 0 Å². The monoisotopic (exact) mass is 584 g/mol. The van der Waals surface area contributed by atoms with Crippen molar-refractivity contribution in [2.75, 3.05) is 18.0 Å². The van der Waals surface area contributed by atoms with Crippen molar-refractivity contribution in [1.82, 2.24) is 36.2 Å². The number of nitrogens with zero attached hydrogens (tertiary/aromatic N) is 5. The summed E-state index contributed by atoms with van der Waals surface area (Å²) in [5.41, 5.74) is 0.996. The number of carboxylic acids is 1. The standard InChI is InChI=1S/C28H40N8O6/c1-18(2)25(31-23(38)13-12-20-10-6-4-7-11-20)27(42)29-19(3)26(41)30-21(16-24(39)40)22(37)17-36-33-28(32-34-36)35-14-8-5-9-15-35/h4,6-7,10-11,18-19,21,25H,5,8-9,12-17H2,1-3H3,(H,29,42)(H,30,41)(H,31,38)(H,39,40)/t19-,21?,25-/m0/s1. The van der Waals surface area contributed by atoms with E-state index in [-0.39, 0.29) is 24.8 Å². The molecule has 2 aromatic rings. The van der Waals surface area contributed by atoms with E-state index >= 15 is 0 Å². The summed E-state index contributed by atoms with van der Waals surface area (Å²) in [5, 5.41) is 29.2. The number of aryl methyl sites for hydroxylation is 1. The number of nitrogens with one attached hydrogen (secondary N) is 3. The normalized spacial score (nSPS) is 15.4. The number of piperidine rings is 1. The van der Waals surface area contributed by atoms with Crippen molar-refractivity contribution in [3.8, 4) is 0 Å². The third kappa shape index (κ3) is 9.93. The van der Waals surface area contributed by atoms with Gasteiger partial charge in [-0.1, -0.05) is 49.3 Å². The number of Topliss-reactive ketones (excluding diaryl/α,β-unsaturated/α-hetero) is 1. The minimum Gasteiger partial charge on any atom is -0.481 e. The first-order valence-corrected chi connectivity index (χ1v) is 14.2. The molecule has 1 saturated heterocycles. The number of aromatic nitrogens is 4. The lowest BCUT2D eigenvalue weighted by Gasteiger charge is -2.25. The molecule has 1 aliphatic heterocycles. The van der Waals surface area contributed by atoms with E-state index in [2.05, 4.69) is 31.4 Å². The van der Waals surface area contributed by atoms with Gasteiger partial charge < -0.3 is 26.0 Å². The van der Waals surface area contributed by atoms with E-state index < -0.39 is 48.1 Å². The molecule has 14 heteroatoms. The molecule has 3 atom stereocenters. The van der Waals surface area contributed by atoms with Gasteiger partial charge >= 0.3 is 5.97 Å². The minimum atomic E-state index is -1.38. The van der Waals surface area contributed by atoms with E-state index in [0.29, 0.717) is 12.4 Å². The Balaban J connectivity index is 1.55. The van der Waals surface area contributed by atoms with E-state index in [1.54, 1.807) is 13.8 Å². The molecule has 0 radical (unpaired) electrons. The van der Waals surface area contributed by atoms with Crippen LogP contribution in [0.3, 0.4) is 0 Å². The van der Waals surface area contributed by atoms with Crippen molar-refractivity contribution < 1.29 is 29.1 Å². The lowest BCUT2D eigenvalue weighted by atomic mass is 10.0. The van der Waals surface area contributed by atoms with Crippen LogP contribution in [0.15, 0.2) is 30.3 Å². The molecule has 1 aliphatic rings. The molecule has 1 fully saturated rings. The van der Waals surface area contributed by atoms with Gasteiger partial charge in [-0.15, -0.1) is 5.10 Å². The summed E-state index contributed by atoms with van der Waals surface area (Å²) in [7, 11) is 0. The highest BCUT2D eigenvalue weighted by Gasteiger charge is 2.30. The maximum Gasteiger partial charge on any atom is 0.305 e. The van der Waals surface area contributed by atoms with E-state index in [4.69, 9.17) is 0 Å². The molecule has 3 amide bonds. The van der Waals surface area contributed by atoms with Crippen LogP contribution in [0.1, 0.15) is 58.4 Å². The average molecular weight is 585 g/mol. The number of tetrazole rings is 1. The van der Waals surface area contributed by atoms with Crippen LogP contribution in [0.2, 0.25) is 0 Å². The molecule has 0 spiro atoms. The predicted molar refractivity (Wildman–Crippen MR) is 152 cm³/mol. The van der Waals surface area contributed by atoms with Gasteiger partial charge in [-0.2, -0.15) is 4.80 Å². The first-order valence-electron chi connectivity index (χ1n) is 14.2. The summed E-state index contributed by atoms with van der Waals surface area (Å²) in [6.07, 6.45) is 3.18. The number of hydrogen-bond donors (Lipinski definition) is 4.